The first-order valence-electron chi connectivity index (χ1n) is 7.93. The molecule has 6 heteroatoms. The van der Waals surface area contributed by atoms with Crippen molar-refractivity contribution in [1.82, 2.24) is 9.88 Å². The number of H-pyrrole nitrogens is 1. The third kappa shape index (κ3) is 4.33. The van der Waals surface area contributed by atoms with Gasteiger partial charge >= 0.3 is 6.36 Å². The molecule has 0 saturated heterocycles. The number of aromatic amines is 1. The summed E-state index contributed by atoms with van der Waals surface area (Å²) in [6.45, 7) is 0.945. The minimum absolute atomic E-state index is 0.217. The highest BCUT2D eigenvalue weighted by Crippen LogP contribution is 2.29. The molecule has 0 radical (unpaired) electrons. The second-order valence-electron chi connectivity index (χ2n) is 6.20. The van der Waals surface area contributed by atoms with Gasteiger partial charge < -0.3 is 14.6 Å². The molecule has 0 aliphatic carbocycles. The summed E-state index contributed by atoms with van der Waals surface area (Å²) in [5, 5.41) is 1.13. The van der Waals surface area contributed by atoms with Crippen molar-refractivity contribution in [1.29, 1.82) is 0 Å². The first kappa shape index (κ1) is 17.4. The van der Waals surface area contributed by atoms with E-state index in [1.54, 1.807) is 12.1 Å². The number of benzene rings is 2. The fraction of sp³-hybridized carbons (Fsp3) is 0.263. The number of aromatic nitrogens is 1. The summed E-state index contributed by atoms with van der Waals surface area (Å²) in [6, 6.07) is 11.9. The number of likely N-dealkylation sites (N-methyl/N-ethyl adjacent to an activating group) is 1. The lowest BCUT2D eigenvalue weighted by Gasteiger charge is -2.10. The monoisotopic (exact) mass is 348 g/mol. The van der Waals surface area contributed by atoms with E-state index in [0.29, 0.717) is 0 Å². The molecule has 0 atom stereocenters. The predicted molar refractivity (Wildman–Crippen MR) is 92.7 cm³/mol. The van der Waals surface area contributed by atoms with Crippen molar-refractivity contribution in [3.8, 4) is 16.9 Å². The lowest BCUT2D eigenvalue weighted by atomic mass is 10.0. The molecule has 132 valence electrons. The highest BCUT2D eigenvalue weighted by molar-refractivity contribution is 5.88. The molecule has 3 aromatic rings. The van der Waals surface area contributed by atoms with E-state index in [1.807, 2.05) is 32.4 Å². The summed E-state index contributed by atoms with van der Waals surface area (Å²) in [4.78, 5) is 5.39. The maximum absolute atomic E-state index is 12.2. The van der Waals surface area contributed by atoms with Crippen molar-refractivity contribution >= 4 is 10.9 Å². The van der Waals surface area contributed by atoms with Gasteiger partial charge in [0, 0.05) is 23.6 Å². The van der Waals surface area contributed by atoms with Gasteiger partial charge in [0.25, 0.3) is 0 Å². The van der Waals surface area contributed by atoms with Gasteiger partial charge in [-0.05, 0) is 61.5 Å². The maximum atomic E-state index is 12.2. The average Bonchev–Trinajstić information content (AvgIpc) is 2.94. The lowest BCUT2D eigenvalue weighted by Crippen LogP contribution is -2.16. The predicted octanol–water partition coefficient (Wildman–Crippen LogP) is 4.84. The van der Waals surface area contributed by atoms with Crippen molar-refractivity contribution in [2.24, 2.45) is 0 Å². The molecule has 0 bridgehead atoms. The van der Waals surface area contributed by atoms with E-state index in [2.05, 4.69) is 20.7 Å². The Balaban J connectivity index is 1.87. The van der Waals surface area contributed by atoms with Gasteiger partial charge in [-0.2, -0.15) is 0 Å². The molecule has 2 aromatic carbocycles. The molecular weight excluding hydrogens is 329 g/mol. The van der Waals surface area contributed by atoms with Crippen molar-refractivity contribution in [2.45, 2.75) is 12.8 Å². The second-order valence-corrected chi connectivity index (χ2v) is 6.20. The SMILES string of the molecule is CN(C)CCc1c[nH]c2ccc(-c3ccc(OC(F)(F)F)cc3)cc12. The minimum Gasteiger partial charge on any atom is -0.406 e. The van der Waals surface area contributed by atoms with Crippen molar-refractivity contribution in [2.75, 3.05) is 20.6 Å². The van der Waals surface area contributed by atoms with Gasteiger partial charge in [0.2, 0.25) is 0 Å². The molecule has 1 N–H and O–H groups in total. The molecule has 0 saturated carbocycles. The van der Waals surface area contributed by atoms with E-state index in [1.165, 1.54) is 17.7 Å². The molecule has 25 heavy (non-hydrogen) atoms. The molecule has 1 heterocycles. The Hall–Kier alpha value is -2.47. The zero-order valence-electron chi connectivity index (χ0n) is 14.0. The first-order chi connectivity index (χ1) is 11.8. The zero-order chi connectivity index (χ0) is 18.0. The van der Waals surface area contributed by atoms with Crippen LogP contribution < -0.4 is 4.74 Å². The zero-order valence-corrected chi connectivity index (χ0v) is 14.0. The standard InChI is InChI=1S/C19H19F3N2O/c1-24(2)10-9-15-12-23-18-8-5-14(11-17(15)18)13-3-6-16(7-4-13)25-19(20,21)22/h3-8,11-12,23H,9-10H2,1-2H3. The Bertz CT molecular complexity index is 851. The van der Waals surface area contributed by atoms with Gasteiger partial charge in [0.15, 0.2) is 0 Å². The van der Waals surface area contributed by atoms with Gasteiger partial charge in [0.05, 0.1) is 0 Å². The van der Waals surface area contributed by atoms with Crippen LogP contribution >= 0.6 is 0 Å². The summed E-state index contributed by atoms with van der Waals surface area (Å²) in [5.74, 6) is -0.217. The van der Waals surface area contributed by atoms with Crippen molar-refractivity contribution in [3.63, 3.8) is 0 Å². The number of ether oxygens (including phenoxy) is 1. The molecular formula is C19H19F3N2O. The van der Waals surface area contributed by atoms with Crippen molar-refractivity contribution in [3.05, 3.63) is 54.2 Å². The van der Waals surface area contributed by atoms with Crippen LogP contribution in [0.3, 0.4) is 0 Å². The molecule has 0 amide bonds. The number of alkyl halides is 3. The van der Waals surface area contributed by atoms with Crippen molar-refractivity contribution < 1.29 is 17.9 Å². The maximum Gasteiger partial charge on any atom is 0.573 e. The van der Waals surface area contributed by atoms with Crippen LogP contribution in [0.4, 0.5) is 13.2 Å². The van der Waals surface area contributed by atoms with E-state index < -0.39 is 6.36 Å². The third-order valence-corrected chi connectivity index (χ3v) is 4.02. The molecule has 0 unspecified atom stereocenters. The number of rotatable bonds is 5. The highest BCUT2D eigenvalue weighted by Gasteiger charge is 2.30. The molecule has 1 aromatic heterocycles. The van der Waals surface area contributed by atoms with Crippen LogP contribution in [0, 0.1) is 0 Å². The van der Waals surface area contributed by atoms with Crippen LogP contribution in [0.5, 0.6) is 5.75 Å². The summed E-state index contributed by atoms with van der Waals surface area (Å²) in [7, 11) is 4.07. The number of hydrogen-bond acceptors (Lipinski definition) is 2. The summed E-state index contributed by atoms with van der Waals surface area (Å²) in [5.41, 5.74) is 4.07. The lowest BCUT2D eigenvalue weighted by molar-refractivity contribution is -0.274. The van der Waals surface area contributed by atoms with Crippen LogP contribution in [0.1, 0.15) is 5.56 Å². The van der Waals surface area contributed by atoms with Gasteiger partial charge in [-0.3, -0.25) is 0 Å². The average molecular weight is 348 g/mol. The Morgan fingerprint density at radius 2 is 1.68 bits per heavy atom. The van der Waals surface area contributed by atoms with Gasteiger partial charge in [0.1, 0.15) is 5.75 Å². The number of hydrogen-bond donors (Lipinski definition) is 1. The molecule has 3 nitrogen and oxygen atoms in total. The number of nitrogens with zero attached hydrogens (tertiary/aromatic N) is 1. The molecule has 0 aliphatic rings. The van der Waals surface area contributed by atoms with Gasteiger partial charge in [-0.15, -0.1) is 13.2 Å². The Labute approximate surface area is 144 Å². The number of nitrogens with one attached hydrogen (secondary N) is 1. The van der Waals surface area contributed by atoms with Crippen LogP contribution in [0.25, 0.3) is 22.0 Å². The Kier molecular flexibility index (Phi) is 4.72. The first-order valence-corrected chi connectivity index (χ1v) is 7.93. The van der Waals surface area contributed by atoms with E-state index >= 15 is 0 Å². The second kappa shape index (κ2) is 6.80. The smallest absolute Gasteiger partial charge is 0.406 e. The largest absolute Gasteiger partial charge is 0.573 e. The Morgan fingerprint density at radius 3 is 2.32 bits per heavy atom. The van der Waals surface area contributed by atoms with E-state index in [0.717, 1.165) is 35.0 Å². The quantitative estimate of drug-likeness (QED) is 0.715. The van der Waals surface area contributed by atoms with Gasteiger partial charge in [-0.1, -0.05) is 18.2 Å². The number of halogens is 3. The van der Waals surface area contributed by atoms with E-state index in [-0.39, 0.29) is 5.75 Å². The van der Waals surface area contributed by atoms with Crippen LogP contribution in [-0.2, 0) is 6.42 Å². The van der Waals surface area contributed by atoms with Gasteiger partial charge in [-0.25, -0.2) is 0 Å². The fourth-order valence-corrected chi connectivity index (χ4v) is 2.76. The third-order valence-electron chi connectivity index (χ3n) is 4.02. The van der Waals surface area contributed by atoms with E-state index in [4.69, 9.17) is 0 Å². The topological polar surface area (TPSA) is 28.3 Å². The summed E-state index contributed by atoms with van der Waals surface area (Å²) < 4.78 is 40.7. The highest BCUT2D eigenvalue weighted by atomic mass is 19.4. The fourth-order valence-electron chi connectivity index (χ4n) is 2.76. The normalized spacial score (nSPS) is 12.1. The molecule has 0 fully saturated rings. The number of fused-ring (bicyclic) bond motifs is 1. The van der Waals surface area contributed by atoms with Crippen LogP contribution in [0.15, 0.2) is 48.7 Å². The van der Waals surface area contributed by atoms with E-state index in [9.17, 15) is 13.2 Å². The minimum atomic E-state index is -4.67. The summed E-state index contributed by atoms with van der Waals surface area (Å²) in [6.07, 6.45) is -1.74. The molecule has 3 rings (SSSR count). The molecule has 0 aliphatic heterocycles. The van der Waals surface area contributed by atoms with Crippen LogP contribution in [-0.4, -0.2) is 36.9 Å². The summed E-state index contributed by atoms with van der Waals surface area (Å²) >= 11 is 0. The van der Waals surface area contributed by atoms with Crippen LogP contribution in [0.2, 0.25) is 0 Å². The molecule has 0 spiro atoms. The Morgan fingerprint density at radius 1 is 1.00 bits per heavy atom.